The van der Waals surface area contributed by atoms with Crippen LogP contribution in [0.4, 0.5) is 0 Å². The molecule has 2 N–H and O–H groups in total. The number of hydrogen-bond donors (Lipinski definition) is 2. The summed E-state index contributed by atoms with van der Waals surface area (Å²) in [5.41, 5.74) is 0. The quantitative estimate of drug-likeness (QED) is 0.601. The summed E-state index contributed by atoms with van der Waals surface area (Å²) in [6.07, 6.45) is 0. The van der Waals surface area contributed by atoms with E-state index in [1.165, 1.54) is 0 Å². The van der Waals surface area contributed by atoms with Crippen molar-refractivity contribution in [1.82, 2.24) is 10.2 Å². The number of carboxylic acids is 1. The molecule has 1 unspecified atom stereocenters. The second-order valence-electron chi connectivity index (χ2n) is 3.26. The van der Waals surface area contributed by atoms with Crippen molar-refractivity contribution < 1.29 is 14.7 Å². The van der Waals surface area contributed by atoms with Crippen LogP contribution in [-0.2, 0) is 9.59 Å². The Morgan fingerprint density at radius 3 is 3.00 bits per heavy atom. The molecule has 1 rings (SSSR count). The van der Waals surface area contributed by atoms with Gasteiger partial charge in [-0.05, 0) is 0 Å². The van der Waals surface area contributed by atoms with Crippen LogP contribution in [0.3, 0.4) is 0 Å². The molecule has 1 atom stereocenters. The number of aliphatic carboxylic acids is 1. The van der Waals surface area contributed by atoms with Gasteiger partial charge in [-0.15, -0.1) is 0 Å². The fourth-order valence-electron chi connectivity index (χ4n) is 1.25. The minimum absolute atomic E-state index is 0.0145. The van der Waals surface area contributed by atoms with Gasteiger partial charge in [-0.2, -0.15) is 0 Å². The van der Waals surface area contributed by atoms with Crippen molar-refractivity contribution in [1.29, 1.82) is 0 Å². The van der Waals surface area contributed by atoms with E-state index < -0.39 is 11.9 Å². The van der Waals surface area contributed by atoms with Gasteiger partial charge >= 0.3 is 5.97 Å². The molecule has 0 aliphatic carbocycles. The SMILES string of the molecule is CC(CN1CCNCC1=O)C(=O)O. The van der Waals surface area contributed by atoms with Gasteiger partial charge < -0.3 is 15.3 Å². The van der Waals surface area contributed by atoms with Crippen molar-refractivity contribution in [3.8, 4) is 0 Å². The van der Waals surface area contributed by atoms with Crippen LogP contribution in [0.15, 0.2) is 0 Å². The van der Waals surface area contributed by atoms with E-state index in [1.807, 2.05) is 0 Å². The summed E-state index contributed by atoms with van der Waals surface area (Å²) in [5.74, 6) is -1.35. The van der Waals surface area contributed by atoms with Crippen molar-refractivity contribution in [2.45, 2.75) is 6.92 Å². The Kier molecular flexibility index (Phi) is 3.25. The molecule has 1 aliphatic rings. The number of nitrogens with one attached hydrogen (secondary N) is 1. The molecule has 1 saturated heterocycles. The van der Waals surface area contributed by atoms with E-state index in [0.717, 1.165) is 6.54 Å². The summed E-state index contributed by atoms with van der Waals surface area (Å²) in [4.78, 5) is 23.3. The van der Waals surface area contributed by atoms with Gasteiger partial charge in [0.05, 0.1) is 12.5 Å². The highest BCUT2D eigenvalue weighted by Gasteiger charge is 2.22. The molecule has 5 heteroatoms. The monoisotopic (exact) mass is 186 g/mol. The largest absolute Gasteiger partial charge is 0.481 e. The standard InChI is InChI=1S/C8H14N2O3/c1-6(8(12)13)5-10-3-2-9-4-7(10)11/h6,9H,2-5H2,1H3,(H,12,13). The van der Waals surface area contributed by atoms with E-state index in [-0.39, 0.29) is 5.91 Å². The van der Waals surface area contributed by atoms with Crippen LogP contribution < -0.4 is 5.32 Å². The number of nitrogens with zero attached hydrogens (tertiary/aromatic N) is 1. The minimum atomic E-state index is -0.855. The smallest absolute Gasteiger partial charge is 0.308 e. The van der Waals surface area contributed by atoms with Crippen LogP contribution in [0.5, 0.6) is 0 Å². The Balaban J connectivity index is 2.42. The van der Waals surface area contributed by atoms with Crippen LogP contribution >= 0.6 is 0 Å². The van der Waals surface area contributed by atoms with Gasteiger partial charge in [-0.1, -0.05) is 6.92 Å². The molecule has 5 nitrogen and oxygen atoms in total. The molecule has 1 heterocycles. The summed E-state index contributed by atoms with van der Waals surface area (Å²) in [6.45, 7) is 3.61. The fourth-order valence-corrected chi connectivity index (χ4v) is 1.25. The van der Waals surface area contributed by atoms with E-state index in [9.17, 15) is 9.59 Å². The summed E-state index contributed by atoms with van der Waals surface area (Å²) < 4.78 is 0. The van der Waals surface area contributed by atoms with Gasteiger partial charge in [0, 0.05) is 19.6 Å². The van der Waals surface area contributed by atoms with Crippen molar-refractivity contribution in [3.05, 3.63) is 0 Å². The number of rotatable bonds is 3. The lowest BCUT2D eigenvalue weighted by atomic mass is 10.1. The zero-order valence-electron chi connectivity index (χ0n) is 7.62. The third-order valence-electron chi connectivity index (χ3n) is 2.10. The van der Waals surface area contributed by atoms with E-state index in [1.54, 1.807) is 11.8 Å². The van der Waals surface area contributed by atoms with Crippen LogP contribution in [0.1, 0.15) is 6.92 Å². The summed E-state index contributed by atoms with van der Waals surface area (Å²) in [6, 6.07) is 0. The van der Waals surface area contributed by atoms with Crippen LogP contribution in [0.2, 0.25) is 0 Å². The Hall–Kier alpha value is -1.10. The first kappa shape index (κ1) is 9.98. The molecule has 0 bridgehead atoms. The van der Waals surface area contributed by atoms with E-state index in [0.29, 0.717) is 19.6 Å². The molecule has 0 radical (unpaired) electrons. The maximum Gasteiger partial charge on any atom is 0.308 e. The van der Waals surface area contributed by atoms with E-state index in [4.69, 9.17) is 5.11 Å². The molecule has 0 spiro atoms. The number of carbonyl (C=O) groups excluding carboxylic acids is 1. The van der Waals surface area contributed by atoms with Gasteiger partial charge in [-0.3, -0.25) is 9.59 Å². The first-order valence-corrected chi connectivity index (χ1v) is 4.32. The molecule has 1 aliphatic heterocycles. The molecular formula is C8H14N2O3. The highest BCUT2D eigenvalue weighted by atomic mass is 16.4. The molecule has 0 aromatic rings. The second kappa shape index (κ2) is 4.23. The summed E-state index contributed by atoms with van der Waals surface area (Å²) >= 11 is 0. The van der Waals surface area contributed by atoms with Gasteiger partial charge in [0.15, 0.2) is 0 Å². The Morgan fingerprint density at radius 2 is 2.46 bits per heavy atom. The average Bonchev–Trinajstić information content (AvgIpc) is 2.08. The molecule has 13 heavy (non-hydrogen) atoms. The van der Waals surface area contributed by atoms with Crippen LogP contribution in [0, 0.1) is 5.92 Å². The van der Waals surface area contributed by atoms with Crippen molar-refractivity contribution in [2.24, 2.45) is 5.92 Å². The number of hydrogen-bond acceptors (Lipinski definition) is 3. The van der Waals surface area contributed by atoms with Gasteiger partial charge in [-0.25, -0.2) is 0 Å². The van der Waals surface area contributed by atoms with Crippen LogP contribution in [0.25, 0.3) is 0 Å². The minimum Gasteiger partial charge on any atom is -0.481 e. The van der Waals surface area contributed by atoms with Gasteiger partial charge in [0.1, 0.15) is 0 Å². The summed E-state index contributed by atoms with van der Waals surface area (Å²) in [5, 5.41) is 11.6. The first-order valence-electron chi connectivity index (χ1n) is 4.32. The third kappa shape index (κ3) is 2.69. The van der Waals surface area contributed by atoms with E-state index >= 15 is 0 Å². The van der Waals surface area contributed by atoms with Crippen molar-refractivity contribution >= 4 is 11.9 Å². The van der Waals surface area contributed by atoms with E-state index in [2.05, 4.69) is 5.32 Å². The maximum atomic E-state index is 11.2. The molecule has 0 aromatic carbocycles. The van der Waals surface area contributed by atoms with Gasteiger partial charge in [0.25, 0.3) is 0 Å². The Labute approximate surface area is 76.7 Å². The topological polar surface area (TPSA) is 69.6 Å². The highest BCUT2D eigenvalue weighted by molar-refractivity contribution is 5.79. The zero-order valence-corrected chi connectivity index (χ0v) is 7.62. The van der Waals surface area contributed by atoms with Crippen molar-refractivity contribution in [3.63, 3.8) is 0 Å². The lowest BCUT2D eigenvalue weighted by molar-refractivity contribution is -0.143. The highest BCUT2D eigenvalue weighted by Crippen LogP contribution is 2.02. The number of carboxylic acid groups (broad SMARTS) is 1. The third-order valence-corrected chi connectivity index (χ3v) is 2.10. The predicted molar refractivity (Wildman–Crippen MR) is 46.2 cm³/mol. The fraction of sp³-hybridized carbons (Fsp3) is 0.750. The number of amides is 1. The normalized spacial score (nSPS) is 20.1. The lowest BCUT2D eigenvalue weighted by Gasteiger charge is -2.28. The molecule has 1 fully saturated rings. The zero-order chi connectivity index (χ0) is 9.84. The maximum absolute atomic E-state index is 11.2. The first-order chi connectivity index (χ1) is 6.11. The van der Waals surface area contributed by atoms with Crippen LogP contribution in [-0.4, -0.2) is 48.1 Å². The van der Waals surface area contributed by atoms with Crippen molar-refractivity contribution in [2.75, 3.05) is 26.2 Å². The Bertz CT molecular complexity index is 217. The molecular weight excluding hydrogens is 172 g/mol. The molecule has 0 saturated carbocycles. The number of carbonyl (C=O) groups is 2. The summed E-state index contributed by atoms with van der Waals surface area (Å²) in [7, 11) is 0. The Morgan fingerprint density at radius 1 is 1.77 bits per heavy atom. The lowest BCUT2D eigenvalue weighted by Crippen LogP contribution is -2.49. The number of piperazine rings is 1. The average molecular weight is 186 g/mol. The van der Waals surface area contributed by atoms with Gasteiger partial charge in [0.2, 0.25) is 5.91 Å². The predicted octanol–water partition coefficient (Wildman–Crippen LogP) is -0.861. The second-order valence-corrected chi connectivity index (χ2v) is 3.26. The molecule has 1 amide bonds. The molecule has 0 aromatic heterocycles. The molecule has 74 valence electrons.